The standard InChI is InChI=1S/C16H22FNO2/c1-12(19)13-6-7-16(15(17)11-13)20-10-8-14-5-3-4-9-18(14)2/h6-7,11,14H,3-5,8-10H2,1-2H3. The lowest BCUT2D eigenvalue weighted by Crippen LogP contribution is -2.37. The predicted molar refractivity (Wildman–Crippen MR) is 76.8 cm³/mol. The number of hydrogen-bond acceptors (Lipinski definition) is 3. The van der Waals surface area contributed by atoms with Gasteiger partial charge in [-0.2, -0.15) is 0 Å². The van der Waals surface area contributed by atoms with Gasteiger partial charge < -0.3 is 9.64 Å². The molecule has 0 aromatic heterocycles. The first-order valence-electron chi connectivity index (χ1n) is 7.21. The summed E-state index contributed by atoms with van der Waals surface area (Å²) >= 11 is 0. The van der Waals surface area contributed by atoms with Gasteiger partial charge in [-0.15, -0.1) is 0 Å². The summed E-state index contributed by atoms with van der Waals surface area (Å²) in [6, 6.07) is 4.91. The first kappa shape index (κ1) is 15.0. The van der Waals surface area contributed by atoms with Crippen LogP contribution in [0.2, 0.25) is 0 Å². The molecule has 0 aliphatic carbocycles. The van der Waals surface area contributed by atoms with Crippen LogP contribution in [0.1, 0.15) is 43.0 Å². The maximum atomic E-state index is 13.8. The molecule has 1 unspecified atom stereocenters. The molecule has 1 aliphatic rings. The summed E-state index contributed by atoms with van der Waals surface area (Å²) < 4.78 is 19.3. The van der Waals surface area contributed by atoms with Crippen LogP contribution >= 0.6 is 0 Å². The number of halogens is 1. The van der Waals surface area contributed by atoms with Crippen molar-refractivity contribution in [2.45, 2.75) is 38.6 Å². The highest BCUT2D eigenvalue weighted by atomic mass is 19.1. The highest BCUT2D eigenvalue weighted by Crippen LogP contribution is 2.21. The minimum atomic E-state index is -0.463. The molecule has 4 heteroatoms. The number of carbonyl (C=O) groups excluding carboxylic acids is 1. The van der Waals surface area contributed by atoms with E-state index in [2.05, 4.69) is 11.9 Å². The third-order valence-electron chi connectivity index (χ3n) is 3.97. The Bertz CT molecular complexity index is 476. The van der Waals surface area contributed by atoms with Crippen molar-refractivity contribution in [1.29, 1.82) is 0 Å². The molecule has 1 saturated heterocycles. The monoisotopic (exact) mass is 279 g/mol. The third kappa shape index (κ3) is 3.79. The summed E-state index contributed by atoms with van der Waals surface area (Å²) in [4.78, 5) is 13.5. The van der Waals surface area contributed by atoms with Crippen LogP contribution < -0.4 is 4.74 Å². The fourth-order valence-electron chi connectivity index (χ4n) is 2.65. The van der Waals surface area contributed by atoms with Gasteiger partial charge in [0.1, 0.15) is 0 Å². The summed E-state index contributed by atoms with van der Waals surface area (Å²) in [5, 5.41) is 0. The molecule has 0 spiro atoms. The van der Waals surface area contributed by atoms with E-state index in [0.29, 0.717) is 18.2 Å². The zero-order valence-corrected chi connectivity index (χ0v) is 12.2. The Morgan fingerprint density at radius 2 is 2.25 bits per heavy atom. The Morgan fingerprint density at radius 3 is 2.90 bits per heavy atom. The third-order valence-corrected chi connectivity index (χ3v) is 3.97. The van der Waals surface area contributed by atoms with E-state index in [1.807, 2.05) is 0 Å². The number of ketones is 1. The van der Waals surface area contributed by atoms with Crippen LogP contribution in [-0.4, -0.2) is 36.9 Å². The number of likely N-dealkylation sites (tertiary alicyclic amines) is 1. The van der Waals surface area contributed by atoms with Crippen LogP contribution in [0, 0.1) is 5.82 Å². The molecular formula is C16H22FNO2. The van der Waals surface area contributed by atoms with E-state index < -0.39 is 5.82 Å². The molecule has 1 aliphatic heterocycles. The van der Waals surface area contributed by atoms with Gasteiger partial charge >= 0.3 is 0 Å². The van der Waals surface area contributed by atoms with Crippen LogP contribution in [0.15, 0.2) is 18.2 Å². The molecule has 1 atom stereocenters. The van der Waals surface area contributed by atoms with Crippen LogP contribution in [-0.2, 0) is 0 Å². The van der Waals surface area contributed by atoms with E-state index in [9.17, 15) is 9.18 Å². The second-order valence-electron chi connectivity index (χ2n) is 5.47. The van der Waals surface area contributed by atoms with Gasteiger partial charge in [-0.25, -0.2) is 4.39 Å². The lowest BCUT2D eigenvalue weighted by molar-refractivity contribution is 0.101. The zero-order chi connectivity index (χ0) is 14.5. The average molecular weight is 279 g/mol. The summed E-state index contributed by atoms with van der Waals surface area (Å²) in [5.74, 6) is -0.373. The fourth-order valence-corrected chi connectivity index (χ4v) is 2.65. The molecule has 2 rings (SSSR count). The Labute approximate surface area is 119 Å². The van der Waals surface area contributed by atoms with Gasteiger partial charge in [-0.3, -0.25) is 4.79 Å². The van der Waals surface area contributed by atoms with E-state index in [0.717, 1.165) is 13.0 Å². The Hall–Kier alpha value is -1.42. The minimum Gasteiger partial charge on any atom is -0.490 e. The Kier molecular flexibility index (Phi) is 5.12. The van der Waals surface area contributed by atoms with Crippen LogP contribution in [0.4, 0.5) is 4.39 Å². The normalized spacial score (nSPS) is 19.9. The first-order valence-corrected chi connectivity index (χ1v) is 7.21. The fraction of sp³-hybridized carbons (Fsp3) is 0.562. The molecule has 1 aromatic rings. The van der Waals surface area contributed by atoms with E-state index in [1.165, 1.54) is 38.3 Å². The molecule has 0 amide bonds. The minimum absolute atomic E-state index is 0.140. The largest absolute Gasteiger partial charge is 0.490 e. The smallest absolute Gasteiger partial charge is 0.165 e. The van der Waals surface area contributed by atoms with Crippen molar-refractivity contribution in [3.8, 4) is 5.75 Å². The molecule has 3 nitrogen and oxygen atoms in total. The SMILES string of the molecule is CC(=O)c1ccc(OCCC2CCCCN2C)c(F)c1. The molecule has 110 valence electrons. The number of Topliss-reactive ketones (excluding diaryl/α,β-unsaturated/α-hetero) is 1. The average Bonchev–Trinajstić information content (AvgIpc) is 2.42. The van der Waals surface area contributed by atoms with Crippen molar-refractivity contribution < 1.29 is 13.9 Å². The van der Waals surface area contributed by atoms with E-state index in [4.69, 9.17) is 4.74 Å². The molecule has 1 aromatic carbocycles. The topological polar surface area (TPSA) is 29.5 Å². The second-order valence-corrected chi connectivity index (χ2v) is 5.47. The lowest BCUT2D eigenvalue weighted by Gasteiger charge is -2.32. The van der Waals surface area contributed by atoms with Crippen molar-refractivity contribution in [2.75, 3.05) is 20.2 Å². The van der Waals surface area contributed by atoms with Crippen LogP contribution in [0.25, 0.3) is 0 Å². The van der Waals surface area contributed by atoms with Crippen molar-refractivity contribution in [3.63, 3.8) is 0 Å². The molecular weight excluding hydrogens is 257 g/mol. The van der Waals surface area contributed by atoms with Gasteiger partial charge in [0.25, 0.3) is 0 Å². The van der Waals surface area contributed by atoms with Gasteiger partial charge in [-0.1, -0.05) is 6.42 Å². The van der Waals surface area contributed by atoms with Crippen LogP contribution in [0.5, 0.6) is 5.75 Å². The highest BCUT2D eigenvalue weighted by Gasteiger charge is 2.18. The molecule has 0 bridgehead atoms. The maximum absolute atomic E-state index is 13.8. The Morgan fingerprint density at radius 1 is 1.45 bits per heavy atom. The van der Waals surface area contributed by atoms with Gasteiger partial charge in [0.15, 0.2) is 17.3 Å². The molecule has 1 fully saturated rings. The molecule has 0 N–H and O–H groups in total. The second kappa shape index (κ2) is 6.84. The number of benzene rings is 1. The summed E-state index contributed by atoms with van der Waals surface area (Å²) in [7, 11) is 2.13. The van der Waals surface area contributed by atoms with E-state index >= 15 is 0 Å². The van der Waals surface area contributed by atoms with Crippen molar-refractivity contribution in [3.05, 3.63) is 29.6 Å². The Balaban J connectivity index is 1.86. The van der Waals surface area contributed by atoms with Crippen molar-refractivity contribution in [1.82, 2.24) is 4.90 Å². The quantitative estimate of drug-likeness (QED) is 0.775. The van der Waals surface area contributed by atoms with Crippen LogP contribution in [0.3, 0.4) is 0 Å². The molecule has 0 saturated carbocycles. The summed E-state index contributed by atoms with van der Waals surface area (Å²) in [5.41, 5.74) is 0.377. The highest BCUT2D eigenvalue weighted by molar-refractivity contribution is 5.94. The van der Waals surface area contributed by atoms with Gasteiger partial charge in [-0.05, 0) is 58.0 Å². The number of carbonyl (C=O) groups is 1. The van der Waals surface area contributed by atoms with E-state index in [-0.39, 0.29) is 11.5 Å². The van der Waals surface area contributed by atoms with Gasteiger partial charge in [0.05, 0.1) is 6.61 Å². The number of nitrogens with zero attached hydrogens (tertiary/aromatic N) is 1. The van der Waals surface area contributed by atoms with Crippen molar-refractivity contribution in [2.24, 2.45) is 0 Å². The van der Waals surface area contributed by atoms with Gasteiger partial charge in [0, 0.05) is 11.6 Å². The number of piperidine rings is 1. The zero-order valence-electron chi connectivity index (χ0n) is 12.2. The lowest BCUT2D eigenvalue weighted by atomic mass is 10.0. The van der Waals surface area contributed by atoms with Crippen molar-refractivity contribution >= 4 is 5.78 Å². The first-order chi connectivity index (χ1) is 9.58. The molecule has 20 heavy (non-hydrogen) atoms. The summed E-state index contributed by atoms with van der Waals surface area (Å²) in [6.45, 7) is 3.06. The van der Waals surface area contributed by atoms with Gasteiger partial charge in [0.2, 0.25) is 0 Å². The van der Waals surface area contributed by atoms with E-state index in [1.54, 1.807) is 6.07 Å². The number of hydrogen-bond donors (Lipinski definition) is 0. The maximum Gasteiger partial charge on any atom is 0.165 e. The molecule has 0 radical (unpaired) electrons. The number of ether oxygens (including phenoxy) is 1. The molecule has 1 heterocycles. The predicted octanol–water partition coefficient (Wildman–Crippen LogP) is 3.28. The number of rotatable bonds is 5. The summed E-state index contributed by atoms with van der Waals surface area (Å²) in [6.07, 6.45) is 4.61.